The standard InChI is InChI=1S/C37H40ClN3O4S2/c1-22-25(27-6-3-7-29(34(27)38)36-39-30-14-16-40(17-18-42)21-33(30)47-36)5-4-8-31(22)46-32-12-11-28-26(32)10-9-23(35(28)45-2)19-41-15-13-24(20-41)37(43)44/h3-10,24,32,42H,11-21H2,1-2H3,(H,43,44)/t24-,32?/m1/s1. The van der Waals surface area contributed by atoms with E-state index in [4.69, 9.17) is 21.3 Å². The number of hydrogen-bond acceptors (Lipinski definition) is 8. The van der Waals surface area contributed by atoms with Gasteiger partial charge in [0, 0.05) is 70.9 Å². The molecule has 1 fully saturated rings. The van der Waals surface area contributed by atoms with E-state index < -0.39 is 5.97 Å². The number of methoxy groups -OCH3 is 1. The summed E-state index contributed by atoms with van der Waals surface area (Å²) in [5, 5.41) is 20.8. The van der Waals surface area contributed by atoms with Crippen molar-refractivity contribution in [3.63, 3.8) is 0 Å². The highest BCUT2D eigenvalue weighted by molar-refractivity contribution is 7.99. The van der Waals surface area contributed by atoms with Gasteiger partial charge in [-0.1, -0.05) is 54.1 Å². The van der Waals surface area contributed by atoms with Gasteiger partial charge in [-0.15, -0.1) is 23.1 Å². The lowest BCUT2D eigenvalue weighted by molar-refractivity contribution is -0.141. The molecule has 0 spiro atoms. The lowest BCUT2D eigenvalue weighted by atomic mass is 9.98. The van der Waals surface area contributed by atoms with Crippen LogP contribution in [0.3, 0.4) is 0 Å². The van der Waals surface area contributed by atoms with Crippen molar-refractivity contribution >= 4 is 40.7 Å². The number of thioether (sulfide) groups is 1. The van der Waals surface area contributed by atoms with Crippen molar-refractivity contribution in [1.29, 1.82) is 0 Å². The second-order valence-corrected chi connectivity index (χ2v) is 15.5. The fraction of sp³-hybridized carbons (Fsp3) is 0.405. The minimum atomic E-state index is -0.701. The van der Waals surface area contributed by atoms with E-state index >= 15 is 0 Å². The zero-order valence-corrected chi connectivity index (χ0v) is 29.2. The lowest BCUT2D eigenvalue weighted by Crippen LogP contribution is -2.32. The fourth-order valence-electron chi connectivity index (χ4n) is 7.39. The Morgan fingerprint density at radius 1 is 1.06 bits per heavy atom. The highest BCUT2D eigenvalue weighted by Gasteiger charge is 2.32. The van der Waals surface area contributed by atoms with Gasteiger partial charge in [-0.05, 0) is 61.1 Å². The average Bonchev–Trinajstić information content (AvgIpc) is 3.81. The largest absolute Gasteiger partial charge is 0.496 e. The molecule has 2 N–H and O–H groups in total. The zero-order chi connectivity index (χ0) is 32.7. The Bertz CT molecular complexity index is 1810. The molecule has 3 aliphatic rings. The number of β-amino-alcohol motifs (C(OH)–C–C–N with tert-alkyl or cyclic N) is 1. The zero-order valence-electron chi connectivity index (χ0n) is 26.8. The van der Waals surface area contributed by atoms with E-state index in [1.807, 2.05) is 11.8 Å². The van der Waals surface area contributed by atoms with Crippen LogP contribution in [0.15, 0.2) is 53.4 Å². The van der Waals surface area contributed by atoms with Crippen LogP contribution in [-0.2, 0) is 30.7 Å². The minimum absolute atomic E-state index is 0.171. The summed E-state index contributed by atoms with van der Waals surface area (Å²) < 4.78 is 5.99. The molecule has 246 valence electrons. The maximum absolute atomic E-state index is 11.5. The normalized spacial score (nSPS) is 19.6. The van der Waals surface area contributed by atoms with Crippen molar-refractivity contribution in [2.75, 3.05) is 39.9 Å². The number of likely N-dealkylation sites (tertiary alicyclic amines) is 1. The molecule has 0 radical (unpaired) electrons. The number of fused-ring (bicyclic) bond motifs is 2. The molecule has 0 saturated carbocycles. The highest BCUT2D eigenvalue weighted by atomic mass is 35.5. The molecule has 7 nitrogen and oxygen atoms in total. The summed E-state index contributed by atoms with van der Waals surface area (Å²) in [6, 6.07) is 17.2. The van der Waals surface area contributed by atoms with Gasteiger partial charge < -0.3 is 14.9 Å². The first-order valence-corrected chi connectivity index (χ1v) is 18.4. The first-order chi connectivity index (χ1) is 22.8. The summed E-state index contributed by atoms with van der Waals surface area (Å²) >= 11 is 10.8. The first-order valence-electron chi connectivity index (χ1n) is 16.4. The molecule has 3 heterocycles. The van der Waals surface area contributed by atoms with Gasteiger partial charge >= 0.3 is 5.97 Å². The number of carboxylic acid groups (broad SMARTS) is 1. The number of aromatic nitrogens is 1. The van der Waals surface area contributed by atoms with E-state index in [1.54, 1.807) is 18.4 Å². The molecule has 0 bridgehead atoms. The lowest BCUT2D eigenvalue weighted by Gasteiger charge is -2.24. The Hall–Kier alpha value is -2.92. The first kappa shape index (κ1) is 32.6. The molecule has 3 aromatic carbocycles. The number of carbonyl (C=O) groups is 1. The SMILES string of the molecule is COc1c(CN2CC[C@@H](C(=O)O)C2)ccc2c1CCC2Sc1cccc(-c2cccc(-c3nc4c(s3)CN(CCO)CC4)c2Cl)c1C. The Labute approximate surface area is 289 Å². The molecule has 2 atom stereocenters. The Kier molecular flexibility index (Phi) is 9.65. The smallest absolute Gasteiger partial charge is 0.307 e. The van der Waals surface area contributed by atoms with Crippen molar-refractivity contribution in [2.24, 2.45) is 5.92 Å². The van der Waals surface area contributed by atoms with Crippen LogP contribution in [0.2, 0.25) is 5.02 Å². The van der Waals surface area contributed by atoms with Crippen LogP contribution >= 0.6 is 34.7 Å². The second-order valence-electron chi connectivity index (χ2n) is 12.8. The van der Waals surface area contributed by atoms with Crippen molar-refractivity contribution in [3.05, 3.63) is 86.4 Å². The number of hydrogen-bond donors (Lipinski definition) is 2. The molecule has 10 heteroatoms. The maximum Gasteiger partial charge on any atom is 0.307 e. The van der Waals surface area contributed by atoms with Crippen LogP contribution in [0, 0.1) is 12.8 Å². The molecule has 0 amide bonds. The number of ether oxygens (including phenoxy) is 1. The van der Waals surface area contributed by atoms with Gasteiger partial charge in [0.05, 0.1) is 30.4 Å². The third-order valence-electron chi connectivity index (χ3n) is 9.90. The predicted octanol–water partition coefficient (Wildman–Crippen LogP) is 7.48. The molecule has 2 aliphatic heterocycles. The van der Waals surface area contributed by atoms with Crippen LogP contribution in [0.1, 0.15) is 50.9 Å². The Morgan fingerprint density at radius 2 is 1.87 bits per heavy atom. The topological polar surface area (TPSA) is 86.1 Å². The third-order valence-corrected chi connectivity index (χ3v) is 12.9. The van der Waals surface area contributed by atoms with Crippen LogP contribution in [0.5, 0.6) is 5.75 Å². The number of aliphatic hydroxyl groups excluding tert-OH is 1. The summed E-state index contributed by atoms with van der Waals surface area (Å²) in [5.74, 6) is -0.0227. The van der Waals surface area contributed by atoms with Gasteiger partial charge in [0.25, 0.3) is 0 Å². The summed E-state index contributed by atoms with van der Waals surface area (Å²) in [5.41, 5.74) is 9.24. The number of thiazole rings is 1. The van der Waals surface area contributed by atoms with E-state index in [9.17, 15) is 15.0 Å². The van der Waals surface area contributed by atoms with Gasteiger partial charge in [-0.2, -0.15) is 0 Å². The van der Waals surface area contributed by atoms with E-state index in [2.05, 4.69) is 65.3 Å². The quantitative estimate of drug-likeness (QED) is 0.177. The molecule has 1 unspecified atom stereocenters. The molecule has 4 aromatic rings. The monoisotopic (exact) mass is 689 g/mol. The highest BCUT2D eigenvalue weighted by Crippen LogP contribution is 2.50. The molecule has 1 aliphatic carbocycles. The van der Waals surface area contributed by atoms with Gasteiger partial charge in [0.15, 0.2) is 0 Å². The van der Waals surface area contributed by atoms with Crippen molar-refractivity contribution < 1.29 is 19.7 Å². The van der Waals surface area contributed by atoms with Crippen LogP contribution in [-0.4, -0.2) is 70.9 Å². The van der Waals surface area contributed by atoms with Gasteiger partial charge in [-0.25, -0.2) is 4.98 Å². The second kappa shape index (κ2) is 13.9. The number of halogens is 1. The Morgan fingerprint density at radius 3 is 2.66 bits per heavy atom. The minimum Gasteiger partial charge on any atom is -0.496 e. The van der Waals surface area contributed by atoms with Crippen molar-refractivity contribution in [1.82, 2.24) is 14.8 Å². The van der Waals surface area contributed by atoms with Gasteiger partial charge in [-0.3, -0.25) is 14.6 Å². The van der Waals surface area contributed by atoms with Crippen LogP contribution in [0.25, 0.3) is 21.7 Å². The van der Waals surface area contributed by atoms with Crippen molar-refractivity contribution in [3.8, 4) is 27.4 Å². The van der Waals surface area contributed by atoms with E-state index in [-0.39, 0.29) is 12.5 Å². The summed E-state index contributed by atoms with van der Waals surface area (Å²) in [4.78, 5) is 23.5. The fourth-order valence-corrected chi connectivity index (χ4v) is 10.3. The summed E-state index contributed by atoms with van der Waals surface area (Å²) in [7, 11) is 1.75. The molecular weight excluding hydrogens is 650 g/mol. The van der Waals surface area contributed by atoms with Gasteiger partial charge in [0.2, 0.25) is 0 Å². The predicted molar refractivity (Wildman–Crippen MR) is 190 cm³/mol. The number of rotatable bonds is 10. The number of nitrogens with zero attached hydrogens (tertiary/aromatic N) is 3. The third kappa shape index (κ3) is 6.46. The average molecular weight is 690 g/mol. The van der Waals surface area contributed by atoms with E-state index in [0.29, 0.717) is 31.3 Å². The van der Waals surface area contributed by atoms with Crippen LogP contribution in [0.4, 0.5) is 0 Å². The number of benzene rings is 3. The van der Waals surface area contributed by atoms with Crippen molar-refractivity contribution in [2.45, 2.75) is 55.8 Å². The van der Waals surface area contributed by atoms with E-state index in [0.717, 1.165) is 82.6 Å². The molecule has 7 rings (SSSR count). The number of aliphatic hydroxyl groups is 1. The Balaban J connectivity index is 1.12. The number of carboxylic acids is 1. The molecular formula is C37H40ClN3O4S2. The molecule has 47 heavy (non-hydrogen) atoms. The summed E-state index contributed by atoms with van der Waals surface area (Å²) in [6.45, 7) is 6.90. The molecule has 1 saturated heterocycles. The van der Waals surface area contributed by atoms with E-state index in [1.165, 1.54) is 26.5 Å². The summed E-state index contributed by atoms with van der Waals surface area (Å²) in [6.07, 6.45) is 3.59. The molecule has 1 aromatic heterocycles. The van der Waals surface area contributed by atoms with Gasteiger partial charge in [0.1, 0.15) is 10.8 Å². The maximum atomic E-state index is 11.5. The van der Waals surface area contributed by atoms with Crippen LogP contribution < -0.4 is 4.74 Å². The number of aliphatic carboxylic acids is 1.